The minimum Gasteiger partial charge on any atom is -0.418 e. The Morgan fingerprint density at radius 2 is 0.932 bits per heavy atom. The number of nitrogens with zero attached hydrogens (tertiary/aromatic N) is 3. The quantitative estimate of drug-likeness (QED) is 0.101. The molecule has 0 fully saturated rings. The zero-order valence-electron chi connectivity index (χ0n) is 29.4. The average Bonchev–Trinajstić information content (AvgIpc) is 2.89. The van der Waals surface area contributed by atoms with Crippen molar-refractivity contribution in [2.75, 3.05) is 13.2 Å². The highest BCUT2D eigenvalue weighted by atomic mass is 28.4. The molecule has 5 nitrogen and oxygen atoms in total. The molecule has 238 valence electrons. The van der Waals surface area contributed by atoms with Crippen LogP contribution in [0.4, 0.5) is 11.4 Å². The summed E-state index contributed by atoms with van der Waals surface area (Å²) in [5, 5.41) is 0. The Kier molecular flexibility index (Phi) is 12.6. The summed E-state index contributed by atoms with van der Waals surface area (Å²) in [5.74, 6) is 0. The van der Waals surface area contributed by atoms with Gasteiger partial charge in [0.15, 0.2) is 16.6 Å². The van der Waals surface area contributed by atoms with E-state index < -0.39 is 16.6 Å². The van der Waals surface area contributed by atoms with Gasteiger partial charge in [-0.15, -0.1) is 0 Å². The minimum absolute atomic E-state index is 0.732. The number of hydrogen-bond donors (Lipinski definition) is 0. The van der Waals surface area contributed by atoms with E-state index in [1.54, 1.807) is 0 Å². The summed E-state index contributed by atoms with van der Waals surface area (Å²) in [6, 6.07) is 15.1. The summed E-state index contributed by atoms with van der Waals surface area (Å²) in [6.45, 7) is 27.7. The van der Waals surface area contributed by atoms with Crippen LogP contribution in [0.2, 0.25) is 39.3 Å². The molecule has 0 radical (unpaired) electrons. The van der Waals surface area contributed by atoms with Gasteiger partial charge in [0, 0.05) is 13.2 Å². The molecule has 3 aromatic rings. The predicted molar refractivity (Wildman–Crippen MR) is 195 cm³/mol. The van der Waals surface area contributed by atoms with Crippen LogP contribution in [0.25, 0.3) is 0 Å². The molecule has 0 amide bonds. The summed E-state index contributed by atoms with van der Waals surface area (Å²) in [7, 11) is -3.18. The second-order valence-corrected chi connectivity index (χ2v) is 23.2. The number of aryl methyl sites for hydroxylation is 6. The number of hydrogen-bond acceptors (Lipinski definition) is 5. The normalized spacial score (nSPS) is 13.1. The maximum Gasteiger partial charge on any atom is 0.183 e. The lowest BCUT2D eigenvalue weighted by molar-refractivity contribution is 0.307. The molecule has 0 saturated heterocycles. The molecular weight excluding hydrogens is 575 g/mol. The Morgan fingerprint density at radius 1 is 0.591 bits per heavy atom. The molecule has 3 rings (SSSR count). The third-order valence-corrected chi connectivity index (χ3v) is 9.43. The highest BCUT2D eigenvalue weighted by Gasteiger charge is 2.17. The van der Waals surface area contributed by atoms with Gasteiger partial charge >= 0.3 is 0 Å². The van der Waals surface area contributed by atoms with E-state index in [9.17, 15) is 0 Å². The number of aliphatic imine (C=N–C) groups is 2. The van der Waals surface area contributed by atoms with Crippen LogP contribution in [0.5, 0.6) is 0 Å². The standard InChI is InChI=1S/C37H55N3O2Si2/c1-26-22-28(3)36(29(4)23-26)39-34(18-14-20-41-43(7,8)9)32-16-13-17-33(38-32)35(19-15-21-42-44(10,11)12)40-37-30(5)24-27(2)25-31(37)6/h13,16-17,22-25H,14-15,18-21H2,1-12H3. The molecule has 0 aliphatic carbocycles. The van der Waals surface area contributed by atoms with Crippen molar-refractivity contribution in [1.82, 2.24) is 4.98 Å². The summed E-state index contributed by atoms with van der Waals surface area (Å²) in [6.07, 6.45) is 3.38. The third-order valence-electron chi connectivity index (χ3n) is 7.29. The Morgan fingerprint density at radius 3 is 1.25 bits per heavy atom. The zero-order valence-corrected chi connectivity index (χ0v) is 31.4. The molecule has 1 heterocycles. The molecule has 0 spiro atoms. The van der Waals surface area contributed by atoms with Crippen molar-refractivity contribution in [3.05, 3.63) is 87.2 Å². The van der Waals surface area contributed by atoms with Gasteiger partial charge in [0.05, 0.1) is 34.2 Å². The Hall–Kier alpha value is -2.72. The first-order valence-corrected chi connectivity index (χ1v) is 22.9. The lowest BCUT2D eigenvalue weighted by atomic mass is 10.0. The third kappa shape index (κ3) is 11.3. The van der Waals surface area contributed by atoms with Crippen molar-refractivity contribution in [2.45, 2.75) is 107 Å². The summed E-state index contributed by atoms with van der Waals surface area (Å²) >= 11 is 0. The average molecular weight is 630 g/mol. The first kappa shape index (κ1) is 35.8. The van der Waals surface area contributed by atoms with Crippen molar-refractivity contribution < 1.29 is 8.85 Å². The molecule has 44 heavy (non-hydrogen) atoms. The van der Waals surface area contributed by atoms with E-state index >= 15 is 0 Å². The Labute approximate surface area is 269 Å². The predicted octanol–water partition coefficient (Wildman–Crippen LogP) is 10.4. The van der Waals surface area contributed by atoms with Gasteiger partial charge in [-0.25, -0.2) is 4.98 Å². The van der Waals surface area contributed by atoms with Gasteiger partial charge in [0.25, 0.3) is 0 Å². The van der Waals surface area contributed by atoms with E-state index in [2.05, 4.69) is 123 Å². The topological polar surface area (TPSA) is 56.1 Å². The van der Waals surface area contributed by atoms with E-state index in [1.807, 2.05) is 0 Å². The van der Waals surface area contributed by atoms with Gasteiger partial charge in [0.1, 0.15) is 0 Å². The largest absolute Gasteiger partial charge is 0.418 e. The van der Waals surface area contributed by atoms with Crippen LogP contribution in [0.3, 0.4) is 0 Å². The Bertz CT molecular complexity index is 1340. The van der Waals surface area contributed by atoms with Gasteiger partial charge in [-0.05, 0) is 141 Å². The Balaban J connectivity index is 2.07. The number of rotatable bonds is 14. The first-order chi connectivity index (χ1) is 20.5. The second kappa shape index (κ2) is 15.5. The fraction of sp³-hybridized carbons (Fsp3) is 0.486. The monoisotopic (exact) mass is 629 g/mol. The van der Waals surface area contributed by atoms with Gasteiger partial charge in [-0.1, -0.05) is 41.5 Å². The molecule has 0 atom stereocenters. The van der Waals surface area contributed by atoms with Crippen molar-refractivity contribution in [3.8, 4) is 0 Å². The van der Waals surface area contributed by atoms with Crippen LogP contribution in [-0.2, 0) is 8.85 Å². The van der Waals surface area contributed by atoms with Crippen molar-refractivity contribution in [2.24, 2.45) is 9.98 Å². The number of aromatic nitrogens is 1. The highest BCUT2D eigenvalue weighted by molar-refractivity contribution is 6.70. The molecule has 0 bridgehead atoms. The van der Waals surface area contributed by atoms with E-state index in [1.165, 1.54) is 33.4 Å². The van der Waals surface area contributed by atoms with E-state index in [0.717, 1.165) is 73.1 Å². The molecule has 0 unspecified atom stereocenters. The van der Waals surface area contributed by atoms with Gasteiger partial charge in [-0.3, -0.25) is 9.98 Å². The smallest absolute Gasteiger partial charge is 0.183 e. The summed E-state index contributed by atoms with van der Waals surface area (Å²) in [4.78, 5) is 15.8. The van der Waals surface area contributed by atoms with Crippen LogP contribution in [0.1, 0.15) is 70.5 Å². The molecule has 0 N–H and O–H groups in total. The highest BCUT2D eigenvalue weighted by Crippen LogP contribution is 2.28. The van der Waals surface area contributed by atoms with Crippen molar-refractivity contribution in [1.29, 1.82) is 0 Å². The van der Waals surface area contributed by atoms with Crippen LogP contribution < -0.4 is 0 Å². The number of benzene rings is 2. The summed E-state index contributed by atoms with van der Waals surface area (Å²) < 4.78 is 12.4. The molecule has 0 aliphatic rings. The van der Waals surface area contributed by atoms with Gasteiger partial charge in [-0.2, -0.15) is 0 Å². The van der Waals surface area contributed by atoms with Gasteiger partial charge in [0.2, 0.25) is 0 Å². The molecule has 2 aromatic carbocycles. The molecule has 0 aliphatic heterocycles. The molecule has 7 heteroatoms. The van der Waals surface area contributed by atoms with E-state index in [0.29, 0.717) is 0 Å². The lowest BCUT2D eigenvalue weighted by Gasteiger charge is -2.18. The summed E-state index contributed by atoms with van der Waals surface area (Å²) in [5.41, 5.74) is 13.1. The molecule has 1 aromatic heterocycles. The SMILES string of the molecule is Cc1cc(C)c(N=C(CCCO[Si](C)(C)C)c2cccc(C(CCCO[Si](C)(C)C)=Nc3c(C)cc(C)cc3C)n2)c(C)c1. The zero-order chi connectivity index (χ0) is 32.7. The molecular formula is C37H55N3O2Si2. The maximum atomic E-state index is 6.20. The minimum atomic E-state index is -1.59. The second-order valence-electron chi connectivity index (χ2n) is 14.1. The lowest BCUT2D eigenvalue weighted by Crippen LogP contribution is -2.26. The van der Waals surface area contributed by atoms with Crippen molar-refractivity contribution >= 4 is 39.4 Å². The van der Waals surface area contributed by atoms with Crippen molar-refractivity contribution in [3.63, 3.8) is 0 Å². The van der Waals surface area contributed by atoms with Crippen LogP contribution in [-0.4, -0.2) is 46.3 Å². The van der Waals surface area contributed by atoms with E-state index in [4.69, 9.17) is 23.8 Å². The molecule has 0 saturated carbocycles. The van der Waals surface area contributed by atoms with Crippen LogP contribution in [0.15, 0.2) is 52.4 Å². The van der Waals surface area contributed by atoms with Crippen LogP contribution >= 0.6 is 0 Å². The maximum absolute atomic E-state index is 6.20. The number of pyridine rings is 1. The van der Waals surface area contributed by atoms with Crippen LogP contribution in [0, 0.1) is 41.5 Å². The van der Waals surface area contributed by atoms with Gasteiger partial charge < -0.3 is 8.85 Å². The fourth-order valence-electron chi connectivity index (χ4n) is 5.44. The fourth-order valence-corrected chi connectivity index (χ4v) is 6.96. The van der Waals surface area contributed by atoms with E-state index in [-0.39, 0.29) is 0 Å². The first-order valence-electron chi connectivity index (χ1n) is 16.1.